The molecule has 18 heavy (non-hydrogen) atoms. The van der Waals surface area contributed by atoms with Crippen molar-refractivity contribution >= 4 is 11.5 Å². The molecule has 0 radical (unpaired) electrons. The maximum Gasteiger partial charge on any atom is 0.167 e. The highest BCUT2D eigenvalue weighted by atomic mass is 16.1. The van der Waals surface area contributed by atoms with Crippen LogP contribution in [0, 0.1) is 6.92 Å². The zero-order chi connectivity index (χ0) is 13.1. The van der Waals surface area contributed by atoms with Gasteiger partial charge in [0.1, 0.15) is 0 Å². The van der Waals surface area contributed by atoms with Crippen LogP contribution in [0.3, 0.4) is 0 Å². The van der Waals surface area contributed by atoms with Gasteiger partial charge in [0, 0.05) is 30.4 Å². The Balaban J connectivity index is 2.19. The Labute approximate surface area is 106 Å². The molecule has 0 spiro atoms. The van der Waals surface area contributed by atoms with E-state index in [4.69, 9.17) is 5.73 Å². The summed E-state index contributed by atoms with van der Waals surface area (Å²) in [5, 5.41) is 4.16. The lowest BCUT2D eigenvalue weighted by Gasteiger charge is -2.06. The lowest BCUT2D eigenvalue weighted by atomic mass is 9.99. The Morgan fingerprint density at radius 1 is 1.44 bits per heavy atom. The number of anilines is 1. The SMILES string of the molecule is CCn1cc(CC(=O)c2cccc(N)c2C)cn1. The van der Waals surface area contributed by atoms with Crippen molar-refractivity contribution in [1.29, 1.82) is 0 Å². The second kappa shape index (κ2) is 5.04. The van der Waals surface area contributed by atoms with E-state index in [1.807, 2.05) is 36.9 Å². The van der Waals surface area contributed by atoms with Gasteiger partial charge in [-0.1, -0.05) is 12.1 Å². The summed E-state index contributed by atoms with van der Waals surface area (Å²) in [5.41, 5.74) is 8.95. The van der Waals surface area contributed by atoms with Crippen LogP contribution in [-0.2, 0) is 13.0 Å². The molecule has 1 heterocycles. The van der Waals surface area contributed by atoms with Crippen LogP contribution in [0.15, 0.2) is 30.6 Å². The topological polar surface area (TPSA) is 60.9 Å². The molecular weight excluding hydrogens is 226 g/mol. The first kappa shape index (κ1) is 12.4. The average Bonchev–Trinajstić information content (AvgIpc) is 2.80. The van der Waals surface area contributed by atoms with Crippen molar-refractivity contribution in [3.05, 3.63) is 47.3 Å². The Morgan fingerprint density at radius 2 is 2.22 bits per heavy atom. The van der Waals surface area contributed by atoms with Gasteiger partial charge >= 0.3 is 0 Å². The normalized spacial score (nSPS) is 10.6. The van der Waals surface area contributed by atoms with Gasteiger partial charge in [-0.15, -0.1) is 0 Å². The van der Waals surface area contributed by atoms with Gasteiger partial charge in [0.15, 0.2) is 5.78 Å². The van der Waals surface area contributed by atoms with Crippen molar-refractivity contribution in [2.45, 2.75) is 26.8 Å². The molecule has 0 aliphatic rings. The molecule has 0 unspecified atom stereocenters. The van der Waals surface area contributed by atoms with Crippen LogP contribution in [0.5, 0.6) is 0 Å². The molecule has 2 aromatic rings. The molecule has 1 aromatic heterocycles. The summed E-state index contributed by atoms with van der Waals surface area (Å²) >= 11 is 0. The van der Waals surface area contributed by atoms with E-state index in [1.54, 1.807) is 12.3 Å². The smallest absolute Gasteiger partial charge is 0.167 e. The molecule has 0 bridgehead atoms. The van der Waals surface area contributed by atoms with Crippen LogP contribution >= 0.6 is 0 Å². The number of ketones is 1. The summed E-state index contributed by atoms with van der Waals surface area (Å²) in [6.07, 6.45) is 4.01. The Kier molecular flexibility index (Phi) is 3.46. The van der Waals surface area contributed by atoms with Crippen molar-refractivity contribution in [3.8, 4) is 0 Å². The van der Waals surface area contributed by atoms with E-state index >= 15 is 0 Å². The van der Waals surface area contributed by atoms with Gasteiger partial charge in [-0.3, -0.25) is 9.48 Å². The van der Waals surface area contributed by atoms with Crippen LogP contribution in [0.25, 0.3) is 0 Å². The third kappa shape index (κ3) is 2.42. The van der Waals surface area contributed by atoms with E-state index in [0.29, 0.717) is 17.7 Å². The molecule has 0 fully saturated rings. The Morgan fingerprint density at radius 3 is 2.89 bits per heavy atom. The van der Waals surface area contributed by atoms with Crippen molar-refractivity contribution in [3.63, 3.8) is 0 Å². The van der Waals surface area contributed by atoms with E-state index in [-0.39, 0.29) is 5.78 Å². The first-order valence-electron chi connectivity index (χ1n) is 6.01. The van der Waals surface area contributed by atoms with Gasteiger partial charge in [0.25, 0.3) is 0 Å². The highest BCUT2D eigenvalue weighted by Crippen LogP contribution is 2.17. The standard InChI is InChI=1S/C14H17N3O/c1-3-17-9-11(8-16-17)7-14(18)12-5-4-6-13(15)10(12)2/h4-6,8-9H,3,7,15H2,1-2H3. The van der Waals surface area contributed by atoms with Crippen molar-refractivity contribution < 1.29 is 4.79 Å². The van der Waals surface area contributed by atoms with Crippen LogP contribution in [0.1, 0.15) is 28.4 Å². The molecule has 0 aliphatic heterocycles. The fourth-order valence-corrected chi connectivity index (χ4v) is 1.91. The summed E-state index contributed by atoms with van der Waals surface area (Å²) in [6.45, 7) is 4.70. The number of aromatic nitrogens is 2. The number of hydrogen-bond donors (Lipinski definition) is 1. The number of nitrogen functional groups attached to an aromatic ring is 1. The average molecular weight is 243 g/mol. The minimum absolute atomic E-state index is 0.0791. The van der Waals surface area contributed by atoms with E-state index < -0.39 is 0 Å². The van der Waals surface area contributed by atoms with Crippen molar-refractivity contribution in [2.75, 3.05) is 5.73 Å². The van der Waals surface area contributed by atoms with E-state index in [9.17, 15) is 4.79 Å². The number of aryl methyl sites for hydroxylation is 1. The van der Waals surface area contributed by atoms with Gasteiger partial charge in [-0.2, -0.15) is 5.10 Å². The fraction of sp³-hybridized carbons (Fsp3) is 0.286. The zero-order valence-electron chi connectivity index (χ0n) is 10.7. The highest BCUT2D eigenvalue weighted by molar-refractivity contribution is 5.99. The quantitative estimate of drug-likeness (QED) is 0.661. The highest BCUT2D eigenvalue weighted by Gasteiger charge is 2.12. The Bertz CT molecular complexity index is 572. The number of nitrogens with two attached hydrogens (primary N) is 1. The first-order chi connectivity index (χ1) is 8.61. The van der Waals surface area contributed by atoms with Crippen molar-refractivity contribution in [1.82, 2.24) is 9.78 Å². The monoisotopic (exact) mass is 243 g/mol. The molecule has 2 N–H and O–H groups in total. The van der Waals surface area contributed by atoms with Gasteiger partial charge in [0.05, 0.1) is 6.20 Å². The third-order valence-corrected chi connectivity index (χ3v) is 3.05. The third-order valence-electron chi connectivity index (χ3n) is 3.05. The minimum atomic E-state index is 0.0791. The number of carbonyl (C=O) groups excluding carboxylic acids is 1. The van der Waals surface area contributed by atoms with Crippen LogP contribution in [-0.4, -0.2) is 15.6 Å². The summed E-state index contributed by atoms with van der Waals surface area (Å²) in [5.74, 6) is 0.0791. The molecule has 4 heteroatoms. The number of rotatable bonds is 4. The summed E-state index contributed by atoms with van der Waals surface area (Å²) in [4.78, 5) is 12.2. The van der Waals surface area contributed by atoms with E-state index in [1.165, 1.54) is 0 Å². The predicted molar refractivity (Wildman–Crippen MR) is 71.5 cm³/mol. The fourth-order valence-electron chi connectivity index (χ4n) is 1.91. The lowest BCUT2D eigenvalue weighted by Crippen LogP contribution is -2.06. The minimum Gasteiger partial charge on any atom is -0.398 e. The van der Waals surface area contributed by atoms with Crippen LogP contribution in [0.2, 0.25) is 0 Å². The van der Waals surface area contributed by atoms with Crippen LogP contribution < -0.4 is 5.73 Å². The molecule has 4 nitrogen and oxygen atoms in total. The molecule has 0 aliphatic carbocycles. The van der Waals surface area contributed by atoms with Gasteiger partial charge in [0.2, 0.25) is 0 Å². The Hall–Kier alpha value is -2.10. The summed E-state index contributed by atoms with van der Waals surface area (Å²) < 4.78 is 1.81. The van der Waals surface area contributed by atoms with Crippen molar-refractivity contribution in [2.24, 2.45) is 0 Å². The van der Waals surface area contributed by atoms with Gasteiger partial charge in [-0.05, 0) is 31.0 Å². The second-order valence-corrected chi connectivity index (χ2v) is 4.32. The number of nitrogens with zero attached hydrogens (tertiary/aromatic N) is 2. The maximum atomic E-state index is 12.2. The van der Waals surface area contributed by atoms with Gasteiger partial charge in [-0.25, -0.2) is 0 Å². The van der Waals surface area contributed by atoms with E-state index in [2.05, 4.69) is 5.10 Å². The zero-order valence-corrected chi connectivity index (χ0v) is 10.7. The molecule has 1 aromatic carbocycles. The van der Waals surface area contributed by atoms with E-state index in [0.717, 1.165) is 17.7 Å². The number of hydrogen-bond acceptors (Lipinski definition) is 3. The molecule has 94 valence electrons. The largest absolute Gasteiger partial charge is 0.398 e. The second-order valence-electron chi connectivity index (χ2n) is 4.32. The number of benzene rings is 1. The summed E-state index contributed by atoms with van der Waals surface area (Å²) in [7, 11) is 0. The number of Topliss-reactive ketones (excluding diaryl/α,β-unsaturated/α-hetero) is 1. The number of carbonyl (C=O) groups is 1. The molecular formula is C14H17N3O. The molecule has 0 saturated heterocycles. The molecule has 0 amide bonds. The maximum absolute atomic E-state index is 12.2. The van der Waals surface area contributed by atoms with Crippen LogP contribution in [0.4, 0.5) is 5.69 Å². The molecule has 2 rings (SSSR count). The van der Waals surface area contributed by atoms with Gasteiger partial charge < -0.3 is 5.73 Å². The first-order valence-corrected chi connectivity index (χ1v) is 6.01. The summed E-state index contributed by atoms with van der Waals surface area (Å²) in [6, 6.07) is 5.44. The molecule has 0 saturated carbocycles. The predicted octanol–water partition coefficient (Wildman–Crippen LogP) is 2.22. The molecule has 0 atom stereocenters. The lowest BCUT2D eigenvalue weighted by molar-refractivity contribution is 0.0992.